The van der Waals surface area contributed by atoms with E-state index in [1.807, 2.05) is 10.9 Å². The molecule has 0 aromatic carbocycles. The molecule has 0 atom stereocenters. The second-order valence-corrected chi connectivity index (χ2v) is 10.1. The van der Waals surface area contributed by atoms with Gasteiger partial charge in [-0.1, -0.05) is 0 Å². The van der Waals surface area contributed by atoms with Crippen molar-refractivity contribution >= 4 is 27.0 Å². The molecule has 2 aromatic rings. The molecule has 9 nitrogen and oxygen atoms in total. The van der Waals surface area contributed by atoms with Crippen LogP contribution >= 0.6 is 0 Å². The first-order valence-corrected chi connectivity index (χ1v) is 11.9. The van der Waals surface area contributed by atoms with Crippen molar-refractivity contribution in [3.63, 3.8) is 0 Å². The molecule has 3 N–H and O–H groups in total. The predicted molar refractivity (Wildman–Crippen MR) is 108 cm³/mol. The van der Waals surface area contributed by atoms with Crippen LogP contribution in [0.2, 0.25) is 0 Å². The molecule has 0 amide bonds. The average Bonchev–Trinajstić information content (AvgIpc) is 3.05. The highest BCUT2D eigenvalue weighted by atomic mass is 32.2. The van der Waals surface area contributed by atoms with Gasteiger partial charge in [0.25, 0.3) is 0 Å². The molecule has 154 valence electrons. The molecular formula is C18H29N7O2S. The third-order valence-corrected chi connectivity index (χ3v) is 7.26. The van der Waals surface area contributed by atoms with E-state index in [-0.39, 0.29) is 6.04 Å². The lowest BCUT2D eigenvalue weighted by atomic mass is 9.86. The van der Waals surface area contributed by atoms with Crippen molar-refractivity contribution in [2.45, 2.75) is 57.2 Å². The lowest BCUT2D eigenvalue weighted by Crippen LogP contribution is -2.42. The molecule has 2 aliphatic rings. The second-order valence-electron chi connectivity index (χ2n) is 8.16. The zero-order valence-electron chi connectivity index (χ0n) is 16.3. The average molecular weight is 408 g/mol. The highest BCUT2D eigenvalue weighted by Crippen LogP contribution is 2.26. The third-order valence-electron chi connectivity index (χ3n) is 5.96. The minimum Gasteiger partial charge on any atom is -0.351 e. The van der Waals surface area contributed by atoms with Crippen molar-refractivity contribution in [1.29, 1.82) is 0 Å². The minimum absolute atomic E-state index is 0.173. The van der Waals surface area contributed by atoms with Crippen LogP contribution in [-0.2, 0) is 16.6 Å². The lowest BCUT2D eigenvalue weighted by molar-refractivity contribution is 0.288. The van der Waals surface area contributed by atoms with Crippen molar-refractivity contribution in [2.75, 3.05) is 24.7 Å². The largest absolute Gasteiger partial charge is 0.351 e. The van der Waals surface area contributed by atoms with Crippen molar-refractivity contribution in [2.24, 2.45) is 11.7 Å². The summed E-state index contributed by atoms with van der Waals surface area (Å²) in [6, 6.07) is 0.518. The second kappa shape index (κ2) is 7.92. The highest BCUT2D eigenvalue weighted by molar-refractivity contribution is 7.88. The van der Waals surface area contributed by atoms with Gasteiger partial charge in [-0.15, -0.1) is 0 Å². The molecule has 2 aromatic heterocycles. The maximum Gasteiger partial charge on any atom is 0.224 e. The zero-order valence-corrected chi connectivity index (χ0v) is 17.1. The number of fused-ring (bicyclic) bond motifs is 1. The Labute approximate surface area is 165 Å². The Bertz CT molecular complexity index is 913. The number of piperidine rings is 1. The molecule has 4 rings (SSSR count). The van der Waals surface area contributed by atoms with E-state index in [0.29, 0.717) is 31.0 Å². The van der Waals surface area contributed by atoms with Gasteiger partial charge in [-0.2, -0.15) is 10.1 Å². The summed E-state index contributed by atoms with van der Waals surface area (Å²) in [6.45, 7) is 1.92. The molecule has 0 spiro atoms. The van der Waals surface area contributed by atoms with Crippen LogP contribution in [0.15, 0.2) is 12.4 Å². The molecule has 10 heteroatoms. The SMILES string of the molecule is CS(=O)(=O)N1CCC(Nc2ncc3cnn(CC4CCC(N)CC4)c3n2)CC1. The van der Waals surface area contributed by atoms with Crippen molar-refractivity contribution < 1.29 is 8.42 Å². The van der Waals surface area contributed by atoms with E-state index in [1.165, 1.54) is 10.6 Å². The molecule has 1 saturated heterocycles. The molecule has 0 bridgehead atoms. The Morgan fingerprint density at radius 3 is 2.54 bits per heavy atom. The molecule has 0 unspecified atom stereocenters. The number of anilines is 1. The summed E-state index contributed by atoms with van der Waals surface area (Å²) in [6.07, 6.45) is 10.8. The molecular weight excluding hydrogens is 378 g/mol. The first-order valence-electron chi connectivity index (χ1n) is 10.0. The summed E-state index contributed by atoms with van der Waals surface area (Å²) < 4.78 is 26.8. The summed E-state index contributed by atoms with van der Waals surface area (Å²) in [5.74, 6) is 1.17. The van der Waals surface area contributed by atoms with Gasteiger partial charge in [0.15, 0.2) is 5.65 Å². The standard InChI is InChI=1S/C18H29N7O2S/c1-28(26,27)24-8-6-16(7-9-24)22-18-20-10-14-11-21-25(17(14)23-18)12-13-2-4-15(19)5-3-13/h10-11,13,15-16H,2-9,12,19H2,1H3,(H,20,22,23). The molecule has 28 heavy (non-hydrogen) atoms. The van der Waals surface area contributed by atoms with Crippen LogP contribution in [0.25, 0.3) is 11.0 Å². The van der Waals surface area contributed by atoms with Gasteiger partial charge in [-0.25, -0.2) is 22.4 Å². The first kappa shape index (κ1) is 19.5. The van der Waals surface area contributed by atoms with Crippen molar-refractivity contribution in [3.8, 4) is 0 Å². The zero-order chi connectivity index (χ0) is 19.7. The number of nitrogens with zero attached hydrogens (tertiary/aromatic N) is 5. The van der Waals surface area contributed by atoms with Crippen molar-refractivity contribution in [1.82, 2.24) is 24.1 Å². The topological polar surface area (TPSA) is 119 Å². The van der Waals surface area contributed by atoms with Gasteiger partial charge in [0.1, 0.15) is 0 Å². The van der Waals surface area contributed by atoms with Gasteiger partial charge in [-0.3, -0.25) is 0 Å². The van der Waals surface area contributed by atoms with E-state index in [1.54, 1.807) is 6.20 Å². The fraction of sp³-hybridized carbons (Fsp3) is 0.722. The van der Waals surface area contributed by atoms with Crippen LogP contribution in [0.3, 0.4) is 0 Å². The van der Waals surface area contributed by atoms with Gasteiger partial charge in [0, 0.05) is 37.9 Å². The monoisotopic (exact) mass is 407 g/mol. The smallest absolute Gasteiger partial charge is 0.224 e. The molecule has 1 saturated carbocycles. The van der Waals surface area contributed by atoms with Crippen LogP contribution in [0.4, 0.5) is 5.95 Å². The van der Waals surface area contributed by atoms with E-state index >= 15 is 0 Å². The maximum atomic E-state index is 11.7. The van der Waals surface area contributed by atoms with E-state index in [4.69, 9.17) is 10.7 Å². The Kier molecular flexibility index (Phi) is 5.52. The number of hydrogen-bond acceptors (Lipinski definition) is 7. The van der Waals surface area contributed by atoms with Crippen LogP contribution in [0, 0.1) is 5.92 Å². The fourth-order valence-corrected chi connectivity index (χ4v) is 5.07. The van der Waals surface area contributed by atoms with Gasteiger partial charge < -0.3 is 11.1 Å². The Balaban J connectivity index is 1.42. The quantitative estimate of drug-likeness (QED) is 0.764. The fourth-order valence-electron chi connectivity index (χ4n) is 4.20. The third kappa shape index (κ3) is 4.44. The van der Waals surface area contributed by atoms with Gasteiger partial charge in [-0.05, 0) is 44.4 Å². The number of hydrogen-bond donors (Lipinski definition) is 2. The summed E-state index contributed by atoms with van der Waals surface area (Å²) in [5, 5.41) is 8.82. The Hall–Kier alpha value is -1.78. The summed E-state index contributed by atoms with van der Waals surface area (Å²) in [4.78, 5) is 9.11. The summed E-state index contributed by atoms with van der Waals surface area (Å²) >= 11 is 0. The maximum absolute atomic E-state index is 11.7. The van der Waals surface area contributed by atoms with E-state index in [0.717, 1.165) is 56.1 Å². The Morgan fingerprint density at radius 1 is 1.14 bits per heavy atom. The van der Waals surface area contributed by atoms with E-state index in [2.05, 4.69) is 15.4 Å². The summed E-state index contributed by atoms with van der Waals surface area (Å²) in [7, 11) is -3.11. The predicted octanol–water partition coefficient (Wildman–Crippen LogP) is 1.18. The van der Waals surface area contributed by atoms with Crippen LogP contribution in [-0.4, -0.2) is 63.9 Å². The molecule has 2 fully saturated rings. The number of sulfonamides is 1. The number of nitrogens with two attached hydrogens (primary N) is 1. The Morgan fingerprint density at radius 2 is 1.86 bits per heavy atom. The molecule has 1 aliphatic carbocycles. The summed E-state index contributed by atoms with van der Waals surface area (Å²) in [5.41, 5.74) is 6.86. The van der Waals surface area contributed by atoms with Crippen LogP contribution in [0.1, 0.15) is 38.5 Å². The number of aromatic nitrogens is 4. The normalized spacial score (nSPS) is 25.2. The molecule has 3 heterocycles. The van der Waals surface area contributed by atoms with Crippen LogP contribution in [0.5, 0.6) is 0 Å². The molecule has 0 radical (unpaired) electrons. The van der Waals surface area contributed by atoms with Crippen molar-refractivity contribution in [3.05, 3.63) is 12.4 Å². The van der Waals surface area contributed by atoms with Crippen LogP contribution < -0.4 is 11.1 Å². The first-order chi connectivity index (χ1) is 13.4. The van der Waals surface area contributed by atoms with Gasteiger partial charge in [0.05, 0.1) is 17.8 Å². The molecule has 1 aliphatic heterocycles. The van der Waals surface area contributed by atoms with Gasteiger partial charge in [0.2, 0.25) is 16.0 Å². The number of rotatable bonds is 5. The number of nitrogens with one attached hydrogen (secondary N) is 1. The minimum atomic E-state index is -3.11. The highest BCUT2D eigenvalue weighted by Gasteiger charge is 2.25. The van der Waals surface area contributed by atoms with E-state index in [9.17, 15) is 8.42 Å². The van der Waals surface area contributed by atoms with Gasteiger partial charge >= 0.3 is 0 Å². The van der Waals surface area contributed by atoms with E-state index < -0.39 is 10.0 Å². The lowest BCUT2D eigenvalue weighted by Gasteiger charge is -2.30.